The second-order valence-electron chi connectivity index (χ2n) is 4.80. The molecule has 0 aliphatic carbocycles. The molecule has 0 rings (SSSR count). The zero-order valence-electron chi connectivity index (χ0n) is 14.4. The van der Waals surface area contributed by atoms with Crippen molar-refractivity contribution in [1.29, 1.82) is 0 Å². The van der Waals surface area contributed by atoms with Crippen molar-refractivity contribution in [3.05, 3.63) is 0 Å². The van der Waals surface area contributed by atoms with Crippen LogP contribution in [-0.4, -0.2) is 28.9 Å². The van der Waals surface area contributed by atoms with Crippen LogP contribution in [-0.2, 0) is 9.13 Å². The molecule has 0 spiro atoms. The Morgan fingerprint density at radius 2 is 1.55 bits per heavy atom. The minimum atomic E-state index is -4.85. The van der Waals surface area contributed by atoms with Crippen molar-refractivity contribution in [3.8, 4) is 0 Å². The molecule has 0 saturated heterocycles. The second-order valence-corrected chi connectivity index (χ2v) is 7.86. The molecule has 0 aromatic heterocycles. The first-order valence-electron chi connectivity index (χ1n) is 6.33. The summed E-state index contributed by atoms with van der Waals surface area (Å²) in [6.45, 7) is 4.12. The van der Waals surface area contributed by atoms with E-state index < -0.39 is 27.8 Å². The summed E-state index contributed by atoms with van der Waals surface area (Å²) < 4.78 is 21.6. The molecule has 0 aliphatic heterocycles. The van der Waals surface area contributed by atoms with Crippen LogP contribution >= 0.6 is 15.2 Å². The first kappa shape index (κ1) is 34.7. The van der Waals surface area contributed by atoms with Gasteiger partial charge >= 0.3 is 154 Å². The van der Waals surface area contributed by atoms with Gasteiger partial charge in [0.05, 0.1) is 6.29 Å². The third-order valence-electron chi connectivity index (χ3n) is 2.81. The summed E-state index contributed by atoms with van der Waals surface area (Å²) >= 11 is 0. The average Bonchev–Trinajstić information content (AvgIpc) is 2.19. The quantitative estimate of drug-likeness (QED) is 0.269. The van der Waals surface area contributed by atoms with Gasteiger partial charge in [0.2, 0.25) is 0 Å². The molecular formula is C10H22K3NO6P2. The zero-order chi connectivity index (χ0) is 15.1. The van der Waals surface area contributed by atoms with Crippen LogP contribution in [0.25, 0.3) is 0 Å². The first-order chi connectivity index (χ1) is 8.57. The third-order valence-corrected chi connectivity index (χ3v) is 4.32. The summed E-state index contributed by atoms with van der Waals surface area (Å²) in [4.78, 5) is 42.2. The summed E-state index contributed by atoms with van der Waals surface area (Å²) in [6, 6.07) is 0. The number of nitrogens with zero attached hydrogens (tertiary/aromatic N) is 1. The second kappa shape index (κ2) is 18.2. The number of hydrogen-bond donors (Lipinski definition) is 1. The molecule has 0 amide bonds. The maximum absolute atomic E-state index is 10.9. The molecule has 7 nitrogen and oxygen atoms in total. The van der Waals surface area contributed by atoms with E-state index in [0.29, 0.717) is 0 Å². The van der Waals surface area contributed by atoms with E-state index in [2.05, 4.69) is 0 Å². The van der Waals surface area contributed by atoms with E-state index in [1.54, 1.807) is 0 Å². The van der Waals surface area contributed by atoms with Gasteiger partial charge in [-0.05, 0) is 12.3 Å². The summed E-state index contributed by atoms with van der Waals surface area (Å²) in [5.74, 6) is 0.109. The van der Waals surface area contributed by atoms with E-state index >= 15 is 0 Å². The van der Waals surface area contributed by atoms with Gasteiger partial charge in [0.25, 0.3) is 0 Å². The fraction of sp³-hybridized carbons (Fsp3) is 1.00. The van der Waals surface area contributed by atoms with Gasteiger partial charge in [0, 0.05) is 12.8 Å². The van der Waals surface area contributed by atoms with E-state index in [4.69, 9.17) is 4.89 Å². The summed E-state index contributed by atoms with van der Waals surface area (Å²) in [5.41, 5.74) is 0. The molecule has 1 N–H and O–H groups in total. The fourth-order valence-corrected chi connectivity index (χ4v) is 3.52. The molecule has 0 bridgehead atoms. The largest absolute Gasteiger partial charge is 1.00 e. The molecule has 12 heteroatoms. The standard InChI is InChI=1S/C10H25NO6P2.3K/c1-3-5-6-10(4-2)7-11(8-18(12,13)14)9-19(15,16)17;;;/h10H,3-9H2,1-2H3,(H2,12,13,14)(H2,15,16,17);;;/q;3*+1/p-3. The Morgan fingerprint density at radius 3 is 1.86 bits per heavy atom. The topological polar surface area (TPSA) is 127 Å². The van der Waals surface area contributed by atoms with Crippen molar-refractivity contribution in [2.75, 3.05) is 19.1 Å². The van der Waals surface area contributed by atoms with Gasteiger partial charge < -0.3 is 28.7 Å². The molecule has 0 saturated carbocycles. The molecule has 0 fully saturated rings. The van der Waals surface area contributed by atoms with Crippen LogP contribution in [0.15, 0.2) is 0 Å². The van der Waals surface area contributed by atoms with Gasteiger partial charge in [0.15, 0.2) is 0 Å². The molecule has 116 valence electrons. The van der Waals surface area contributed by atoms with Crippen LogP contribution in [0.5, 0.6) is 0 Å². The van der Waals surface area contributed by atoms with Crippen molar-refractivity contribution in [2.45, 2.75) is 39.5 Å². The van der Waals surface area contributed by atoms with Crippen molar-refractivity contribution in [2.24, 2.45) is 5.92 Å². The monoisotopic (exact) mass is 431 g/mol. The van der Waals surface area contributed by atoms with E-state index in [1.807, 2.05) is 13.8 Å². The van der Waals surface area contributed by atoms with Crippen LogP contribution in [0.3, 0.4) is 0 Å². The Kier molecular flexibility index (Phi) is 28.7. The Hall–Kier alpha value is 5.17. The SMILES string of the molecule is CCCCC(CC)CN(CP(=O)([O-])[O-])CP(=O)([O-])O.[K+].[K+].[K+]. The maximum atomic E-state index is 10.9. The van der Waals surface area contributed by atoms with Crippen LogP contribution < -0.4 is 169 Å². The van der Waals surface area contributed by atoms with Gasteiger partial charge in [0.1, 0.15) is 7.60 Å². The molecule has 2 atom stereocenters. The van der Waals surface area contributed by atoms with E-state index in [0.717, 1.165) is 30.6 Å². The Bertz CT molecular complexity index is 328. The van der Waals surface area contributed by atoms with Crippen molar-refractivity contribution >= 4 is 15.2 Å². The van der Waals surface area contributed by atoms with Crippen molar-refractivity contribution < 1.29 is 183 Å². The van der Waals surface area contributed by atoms with Crippen molar-refractivity contribution in [3.63, 3.8) is 0 Å². The maximum Gasteiger partial charge on any atom is 1.00 e. The van der Waals surface area contributed by atoms with Gasteiger partial charge in [-0.15, -0.1) is 0 Å². The van der Waals surface area contributed by atoms with E-state index in [9.17, 15) is 23.8 Å². The molecule has 0 aromatic carbocycles. The normalized spacial score (nSPS) is 15.0. The van der Waals surface area contributed by atoms with Crippen molar-refractivity contribution in [1.82, 2.24) is 4.90 Å². The van der Waals surface area contributed by atoms with Crippen LogP contribution in [0.2, 0.25) is 0 Å². The van der Waals surface area contributed by atoms with E-state index in [-0.39, 0.29) is 167 Å². The van der Waals surface area contributed by atoms with E-state index in [1.165, 1.54) is 0 Å². The Balaban J connectivity index is -0.000000540. The first-order valence-corrected chi connectivity index (χ1v) is 9.82. The molecular weight excluding hydrogens is 409 g/mol. The molecule has 0 aliphatic rings. The summed E-state index contributed by atoms with van der Waals surface area (Å²) in [5, 5.41) is 0. The molecule has 0 aromatic rings. The summed E-state index contributed by atoms with van der Waals surface area (Å²) in [6.07, 6.45) is 1.85. The minimum absolute atomic E-state index is 0. The molecule has 22 heavy (non-hydrogen) atoms. The van der Waals surface area contributed by atoms with Gasteiger partial charge in [-0.1, -0.05) is 40.7 Å². The van der Waals surface area contributed by atoms with Gasteiger partial charge in [-0.2, -0.15) is 0 Å². The number of unbranched alkanes of at least 4 members (excludes halogenated alkanes) is 1. The van der Waals surface area contributed by atoms with Crippen LogP contribution in [0.1, 0.15) is 39.5 Å². The van der Waals surface area contributed by atoms with Gasteiger partial charge in [-0.25, -0.2) is 0 Å². The predicted octanol–water partition coefficient (Wildman–Crippen LogP) is -9.11. The fourth-order valence-electron chi connectivity index (χ4n) is 1.94. The van der Waals surface area contributed by atoms with Crippen LogP contribution in [0, 0.1) is 5.92 Å². The average molecular weight is 432 g/mol. The zero-order valence-corrected chi connectivity index (χ0v) is 25.5. The predicted molar refractivity (Wildman–Crippen MR) is 67.2 cm³/mol. The molecule has 0 radical (unpaired) electrons. The number of rotatable bonds is 10. The van der Waals surface area contributed by atoms with Gasteiger partial charge in [-0.3, -0.25) is 4.90 Å². The Labute approximate surface area is 261 Å². The summed E-state index contributed by atoms with van der Waals surface area (Å²) in [7, 11) is -9.47. The molecule has 2 unspecified atom stereocenters. The number of hydrogen-bond acceptors (Lipinski definition) is 6. The smallest absolute Gasteiger partial charge is 0.810 e. The molecule has 0 heterocycles. The Morgan fingerprint density at radius 1 is 1.05 bits per heavy atom. The third kappa shape index (κ3) is 23.2. The van der Waals surface area contributed by atoms with Crippen LogP contribution in [0.4, 0.5) is 0 Å². The minimum Gasteiger partial charge on any atom is -0.810 e.